The van der Waals surface area contributed by atoms with Crippen LogP contribution >= 0.6 is 0 Å². The largest absolute Gasteiger partial charge is 0.383 e. The summed E-state index contributed by atoms with van der Waals surface area (Å²) in [7, 11) is 1.73. The smallest absolute Gasteiger partial charge is 0.261 e. The summed E-state index contributed by atoms with van der Waals surface area (Å²) in [6, 6.07) is 11.3. The number of nitrogens with zero attached hydrogens (tertiary/aromatic N) is 2. The first-order chi connectivity index (χ1) is 9.13. The van der Waals surface area contributed by atoms with E-state index >= 15 is 0 Å². The van der Waals surface area contributed by atoms with Gasteiger partial charge in [0.15, 0.2) is 0 Å². The van der Waals surface area contributed by atoms with Crippen molar-refractivity contribution in [2.24, 2.45) is 0 Å². The van der Waals surface area contributed by atoms with Gasteiger partial charge in [0.25, 0.3) is 5.91 Å². The highest BCUT2D eigenvalue weighted by atomic mass is 16.2. The molecule has 0 aliphatic heterocycles. The van der Waals surface area contributed by atoms with Crippen molar-refractivity contribution in [1.82, 2.24) is 4.98 Å². The molecule has 0 radical (unpaired) electrons. The van der Waals surface area contributed by atoms with Gasteiger partial charge in [-0.05, 0) is 36.2 Å². The van der Waals surface area contributed by atoms with Gasteiger partial charge in [-0.25, -0.2) is 4.98 Å². The number of rotatable bonds is 3. The van der Waals surface area contributed by atoms with E-state index in [4.69, 9.17) is 5.73 Å². The van der Waals surface area contributed by atoms with Gasteiger partial charge in [0, 0.05) is 18.9 Å². The van der Waals surface area contributed by atoms with Crippen LogP contribution in [0.3, 0.4) is 0 Å². The number of nitrogens with two attached hydrogens (primary N) is 1. The predicted molar refractivity (Wildman–Crippen MR) is 77.2 cm³/mol. The highest BCUT2D eigenvalue weighted by Gasteiger charge is 2.16. The SMILES string of the molecule is CCc1ccc(N(C)C(=O)c2cccnc2N)cc1. The second kappa shape index (κ2) is 5.52. The number of aryl methyl sites for hydroxylation is 1. The monoisotopic (exact) mass is 255 g/mol. The quantitative estimate of drug-likeness (QED) is 0.916. The molecular formula is C15H17N3O. The Morgan fingerprint density at radius 1 is 1.26 bits per heavy atom. The maximum atomic E-state index is 12.3. The zero-order valence-electron chi connectivity index (χ0n) is 11.1. The maximum absolute atomic E-state index is 12.3. The standard InChI is InChI=1S/C15H17N3O/c1-3-11-6-8-12(9-7-11)18(2)15(19)13-5-4-10-17-14(13)16/h4-10H,3H2,1-2H3,(H2,16,17). The minimum atomic E-state index is -0.158. The van der Waals surface area contributed by atoms with E-state index in [1.54, 1.807) is 30.3 Å². The molecule has 0 saturated carbocycles. The molecule has 1 aromatic carbocycles. The van der Waals surface area contributed by atoms with E-state index in [-0.39, 0.29) is 11.7 Å². The summed E-state index contributed by atoms with van der Waals surface area (Å²) in [6.07, 6.45) is 2.55. The molecule has 98 valence electrons. The van der Waals surface area contributed by atoms with Crippen molar-refractivity contribution in [3.05, 3.63) is 53.7 Å². The van der Waals surface area contributed by atoms with Gasteiger partial charge >= 0.3 is 0 Å². The van der Waals surface area contributed by atoms with Gasteiger partial charge in [0.2, 0.25) is 0 Å². The number of nitrogen functional groups attached to an aromatic ring is 1. The zero-order chi connectivity index (χ0) is 13.8. The fraction of sp³-hybridized carbons (Fsp3) is 0.200. The van der Waals surface area contributed by atoms with Crippen LogP contribution in [0.15, 0.2) is 42.6 Å². The van der Waals surface area contributed by atoms with Crippen LogP contribution in [-0.2, 0) is 6.42 Å². The van der Waals surface area contributed by atoms with E-state index in [0.29, 0.717) is 5.56 Å². The molecule has 2 aromatic rings. The van der Waals surface area contributed by atoms with Crippen LogP contribution in [0.1, 0.15) is 22.8 Å². The van der Waals surface area contributed by atoms with Gasteiger partial charge in [-0.1, -0.05) is 19.1 Å². The second-order valence-corrected chi connectivity index (χ2v) is 4.32. The lowest BCUT2D eigenvalue weighted by Gasteiger charge is -2.18. The molecule has 0 atom stereocenters. The van der Waals surface area contributed by atoms with Crippen LogP contribution in [0, 0.1) is 0 Å². The number of hydrogen-bond acceptors (Lipinski definition) is 3. The van der Waals surface area contributed by atoms with Gasteiger partial charge < -0.3 is 10.6 Å². The highest BCUT2D eigenvalue weighted by molar-refractivity contribution is 6.08. The minimum Gasteiger partial charge on any atom is -0.383 e. The molecule has 0 bridgehead atoms. The molecule has 1 heterocycles. The summed E-state index contributed by atoms with van der Waals surface area (Å²) in [5.74, 6) is 0.0966. The molecule has 4 nitrogen and oxygen atoms in total. The average Bonchev–Trinajstić information content (AvgIpc) is 2.46. The fourth-order valence-electron chi connectivity index (χ4n) is 1.85. The van der Waals surface area contributed by atoms with Gasteiger partial charge in [-0.2, -0.15) is 0 Å². The molecule has 2 rings (SSSR count). The third-order valence-corrected chi connectivity index (χ3v) is 3.11. The lowest BCUT2D eigenvalue weighted by atomic mass is 10.1. The van der Waals surface area contributed by atoms with Gasteiger partial charge in [-0.15, -0.1) is 0 Å². The lowest BCUT2D eigenvalue weighted by molar-refractivity contribution is 0.0993. The molecule has 1 aromatic heterocycles. The van der Waals surface area contributed by atoms with Crippen LogP contribution in [0.4, 0.5) is 11.5 Å². The Bertz CT molecular complexity index is 578. The van der Waals surface area contributed by atoms with Crippen LogP contribution < -0.4 is 10.6 Å². The van der Waals surface area contributed by atoms with Crippen LogP contribution in [0.25, 0.3) is 0 Å². The Balaban J connectivity index is 2.26. The normalized spacial score (nSPS) is 10.2. The number of carbonyl (C=O) groups is 1. The van der Waals surface area contributed by atoms with Gasteiger partial charge in [0.1, 0.15) is 5.82 Å². The molecule has 2 N–H and O–H groups in total. The van der Waals surface area contributed by atoms with E-state index in [2.05, 4.69) is 11.9 Å². The van der Waals surface area contributed by atoms with Crippen molar-refractivity contribution < 1.29 is 4.79 Å². The van der Waals surface area contributed by atoms with Crippen molar-refractivity contribution in [2.75, 3.05) is 17.7 Å². The summed E-state index contributed by atoms with van der Waals surface area (Å²) in [5, 5.41) is 0. The van der Waals surface area contributed by atoms with Crippen LogP contribution in [-0.4, -0.2) is 17.9 Å². The Morgan fingerprint density at radius 3 is 2.53 bits per heavy atom. The van der Waals surface area contributed by atoms with Crippen molar-refractivity contribution in [1.29, 1.82) is 0 Å². The molecule has 0 unspecified atom stereocenters. The average molecular weight is 255 g/mol. The van der Waals surface area contributed by atoms with Crippen LogP contribution in [0.5, 0.6) is 0 Å². The third kappa shape index (κ3) is 2.73. The Morgan fingerprint density at radius 2 is 1.95 bits per heavy atom. The lowest BCUT2D eigenvalue weighted by Crippen LogP contribution is -2.27. The first kappa shape index (κ1) is 13.1. The van der Waals surface area contributed by atoms with Crippen LogP contribution in [0.2, 0.25) is 0 Å². The first-order valence-electron chi connectivity index (χ1n) is 6.21. The maximum Gasteiger partial charge on any atom is 0.261 e. The number of benzene rings is 1. The second-order valence-electron chi connectivity index (χ2n) is 4.32. The summed E-state index contributed by atoms with van der Waals surface area (Å²) < 4.78 is 0. The Kier molecular flexibility index (Phi) is 3.80. The Hall–Kier alpha value is -2.36. The molecule has 0 aliphatic carbocycles. The van der Waals surface area contributed by atoms with Crippen molar-refractivity contribution >= 4 is 17.4 Å². The zero-order valence-corrected chi connectivity index (χ0v) is 11.1. The molecular weight excluding hydrogens is 238 g/mol. The number of amides is 1. The summed E-state index contributed by atoms with van der Waals surface area (Å²) in [5.41, 5.74) is 8.22. The van der Waals surface area contributed by atoms with E-state index in [1.165, 1.54) is 5.56 Å². The van der Waals surface area contributed by atoms with E-state index in [9.17, 15) is 4.79 Å². The minimum absolute atomic E-state index is 0.158. The molecule has 0 fully saturated rings. The molecule has 4 heteroatoms. The molecule has 0 spiro atoms. The highest BCUT2D eigenvalue weighted by Crippen LogP contribution is 2.18. The molecule has 0 aliphatic rings. The summed E-state index contributed by atoms with van der Waals surface area (Å²) in [6.45, 7) is 2.10. The fourth-order valence-corrected chi connectivity index (χ4v) is 1.85. The first-order valence-corrected chi connectivity index (χ1v) is 6.21. The van der Waals surface area contributed by atoms with Crippen molar-refractivity contribution in [3.63, 3.8) is 0 Å². The van der Waals surface area contributed by atoms with E-state index in [0.717, 1.165) is 12.1 Å². The molecule has 1 amide bonds. The summed E-state index contributed by atoms with van der Waals surface area (Å²) in [4.78, 5) is 17.8. The van der Waals surface area contributed by atoms with Crippen molar-refractivity contribution in [2.45, 2.75) is 13.3 Å². The van der Waals surface area contributed by atoms with E-state index < -0.39 is 0 Å². The van der Waals surface area contributed by atoms with Gasteiger partial charge in [0.05, 0.1) is 5.56 Å². The van der Waals surface area contributed by atoms with Gasteiger partial charge in [-0.3, -0.25) is 4.79 Å². The molecule has 19 heavy (non-hydrogen) atoms. The molecule has 0 saturated heterocycles. The Labute approximate surface area is 112 Å². The predicted octanol–water partition coefficient (Wildman–Crippen LogP) is 2.50. The third-order valence-electron chi connectivity index (χ3n) is 3.11. The number of pyridine rings is 1. The number of anilines is 2. The van der Waals surface area contributed by atoms with E-state index in [1.807, 2.05) is 24.3 Å². The summed E-state index contributed by atoms with van der Waals surface area (Å²) >= 11 is 0. The topological polar surface area (TPSA) is 59.2 Å². The van der Waals surface area contributed by atoms with Crippen molar-refractivity contribution in [3.8, 4) is 0 Å². The number of carbonyl (C=O) groups excluding carboxylic acids is 1. The number of hydrogen-bond donors (Lipinski definition) is 1. The number of aromatic nitrogens is 1.